The zero-order valence-electron chi connectivity index (χ0n) is 9.18. The molecule has 0 aromatic heterocycles. The second-order valence-corrected chi connectivity index (χ2v) is 5.34. The third kappa shape index (κ3) is 1.69. The fourth-order valence-electron chi connectivity index (χ4n) is 2.13. The van der Waals surface area contributed by atoms with E-state index >= 15 is 0 Å². The number of methoxy groups -OCH3 is 1. The molecule has 2 unspecified atom stereocenters. The van der Waals surface area contributed by atoms with E-state index in [4.69, 9.17) is 9.47 Å². The molecule has 0 radical (unpaired) electrons. The highest BCUT2D eigenvalue weighted by Crippen LogP contribution is 2.44. The summed E-state index contributed by atoms with van der Waals surface area (Å²) in [5, 5.41) is 0.575. The molecule has 0 amide bonds. The van der Waals surface area contributed by atoms with Crippen molar-refractivity contribution in [3.05, 3.63) is 30.4 Å². The zero-order chi connectivity index (χ0) is 11.0. The summed E-state index contributed by atoms with van der Waals surface area (Å²) in [5.41, 5.74) is 0. The van der Waals surface area contributed by atoms with E-state index in [9.17, 15) is 0 Å². The van der Waals surface area contributed by atoms with Gasteiger partial charge in [0.05, 0.1) is 17.3 Å². The third-order valence-electron chi connectivity index (χ3n) is 3.00. The lowest BCUT2D eigenvalue weighted by atomic mass is 10.0. The third-order valence-corrected chi connectivity index (χ3v) is 4.40. The van der Waals surface area contributed by atoms with Crippen molar-refractivity contribution in [1.82, 2.24) is 0 Å². The first-order valence-electron chi connectivity index (χ1n) is 5.55. The number of ether oxygens (including phenoxy) is 2. The maximum Gasteiger partial charge on any atom is 0.137 e. The van der Waals surface area contributed by atoms with Gasteiger partial charge >= 0.3 is 0 Å². The first kappa shape index (κ1) is 10.1. The molecule has 16 heavy (non-hydrogen) atoms. The number of fused-ring (bicyclic) bond motifs is 2. The predicted molar refractivity (Wildman–Crippen MR) is 65.4 cm³/mol. The quantitative estimate of drug-likeness (QED) is 0.695. The lowest BCUT2D eigenvalue weighted by Crippen LogP contribution is -2.32. The fraction of sp³-hybridized carbons (Fsp3) is 0.385. The number of allylic oxidation sites excluding steroid dienone is 1. The van der Waals surface area contributed by atoms with Crippen molar-refractivity contribution in [3.63, 3.8) is 0 Å². The van der Waals surface area contributed by atoms with Crippen molar-refractivity contribution in [2.45, 2.75) is 29.1 Å². The molecule has 3 heteroatoms. The van der Waals surface area contributed by atoms with Crippen LogP contribution in [0.5, 0.6) is 11.5 Å². The Labute approximate surface area is 99.6 Å². The average molecular weight is 234 g/mol. The van der Waals surface area contributed by atoms with Gasteiger partial charge in [-0.1, -0.05) is 6.08 Å². The molecule has 0 spiro atoms. The molecule has 1 aliphatic heterocycles. The Bertz CT molecular complexity index is 428. The second-order valence-electron chi connectivity index (χ2n) is 4.06. The summed E-state index contributed by atoms with van der Waals surface area (Å²) in [4.78, 5) is 1.23. The highest BCUT2D eigenvalue weighted by Gasteiger charge is 2.30. The van der Waals surface area contributed by atoms with E-state index in [0.717, 1.165) is 11.5 Å². The van der Waals surface area contributed by atoms with Crippen molar-refractivity contribution in [3.8, 4) is 11.5 Å². The molecule has 0 fully saturated rings. The first-order valence-corrected chi connectivity index (χ1v) is 6.43. The Morgan fingerprint density at radius 3 is 3.25 bits per heavy atom. The topological polar surface area (TPSA) is 18.5 Å². The molecule has 0 N–H and O–H groups in total. The molecule has 2 atom stereocenters. The van der Waals surface area contributed by atoms with Crippen LogP contribution in [0.15, 0.2) is 35.2 Å². The summed E-state index contributed by atoms with van der Waals surface area (Å²) >= 11 is 1.93. The molecule has 0 saturated carbocycles. The lowest BCUT2D eigenvalue weighted by molar-refractivity contribution is 0.222. The number of hydrogen-bond acceptors (Lipinski definition) is 3. The van der Waals surface area contributed by atoms with Gasteiger partial charge in [0.25, 0.3) is 0 Å². The van der Waals surface area contributed by atoms with Gasteiger partial charge in [0, 0.05) is 6.07 Å². The average Bonchev–Trinajstić information content (AvgIpc) is 2.35. The van der Waals surface area contributed by atoms with Gasteiger partial charge in [0.15, 0.2) is 0 Å². The van der Waals surface area contributed by atoms with E-state index in [0.29, 0.717) is 5.25 Å². The lowest BCUT2D eigenvalue weighted by Gasteiger charge is -2.33. The molecule has 1 aliphatic carbocycles. The summed E-state index contributed by atoms with van der Waals surface area (Å²) in [6.07, 6.45) is 7.01. The molecule has 1 aromatic carbocycles. The minimum absolute atomic E-state index is 0.235. The molecule has 84 valence electrons. The van der Waals surface area contributed by atoms with Crippen LogP contribution >= 0.6 is 11.8 Å². The molecule has 3 rings (SSSR count). The largest absolute Gasteiger partial charge is 0.497 e. The van der Waals surface area contributed by atoms with Crippen LogP contribution in [-0.2, 0) is 0 Å². The maximum absolute atomic E-state index is 5.99. The van der Waals surface area contributed by atoms with Crippen LogP contribution < -0.4 is 9.47 Å². The predicted octanol–water partition coefficient (Wildman–Crippen LogP) is 3.27. The van der Waals surface area contributed by atoms with Gasteiger partial charge in [0.2, 0.25) is 0 Å². The summed E-state index contributed by atoms with van der Waals surface area (Å²) in [7, 11) is 1.68. The van der Waals surface area contributed by atoms with Crippen molar-refractivity contribution in [2.75, 3.05) is 7.11 Å². The SMILES string of the molecule is COc1ccc2c(c1)OC1C=CCCC1S2. The van der Waals surface area contributed by atoms with E-state index in [1.165, 1.54) is 17.7 Å². The standard InChI is InChI=1S/C13H14O2S/c1-14-9-6-7-13-11(8-9)15-10-4-2-3-5-12(10)16-13/h2,4,6-8,10,12H,3,5H2,1H3. The van der Waals surface area contributed by atoms with Crippen molar-refractivity contribution >= 4 is 11.8 Å². The number of rotatable bonds is 1. The van der Waals surface area contributed by atoms with Crippen molar-refractivity contribution in [1.29, 1.82) is 0 Å². The molecule has 2 nitrogen and oxygen atoms in total. The van der Waals surface area contributed by atoms with Crippen LogP contribution in [0, 0.1) is 0 Å². The Hall–Kier alpha value is -1.09. The van der Waals surface area contributed by atoms with Gasteiger partial charge in [-0.25, -0.2) is 0 Å². The normalized spacial score (nSPS) is 26.6. The van der Waals surface area contributed by atoms with Gasteiger partial charge in [0.1, 0.15) is 17.6 Å². The molecule has 1 aromatic rings. The number of thioether (sulfide) groups is 1. The monoisotopic (exact) mass is 234 g/mol. The summed E-state index contributed by atoms with van der Waals surface area (Å²) in [6, 6.07) is 6.06. The van der Waals surface area contributed by atoms with Gasteiger partial charge in [-0.3, -0.25) is 0 Å². The zero-order valence-corrected chi connectivity index (χ0v) is 10.00. The Morgan fingerprint density at radius 2 is 2.38 bits per heavy atom. The van der Waals surface area contributed by atoms with Gasteiger partial charge < -0.3 is 9.47 Å². The molecule has 0 bridgehead atoms. The summed E-state index contributed by atoms with van der Waals surface area (Å²) in [6.45, 7) is 0. The van der Waals surface area contributed by atoms with Crippen LogP contribution in [0.4, 0.5) is 0 Å². The highest BCUT2D eigenvalue weighted by atomic mass is 32.2. The molecule has 2 aliphatic rings. The number of hydrogen-bond donors (Lipinski definition) is 0. The van der Waals surface area contributed by atoms with E-state index < -0.39 is 0 Å². The van der Waals surface area contributed by atoms with Crippen molar-refractivity contribution < 1.29 is 9.47 Å². The van der Waals surface area contributed by atoms with Gasteiger partial charge in [-0.15, -0.1) is 11.8 Å². The molecular weight excluding hydrogens is 220 g/mol. The molecule has 0 saturated heterocycles. The Balaban J connectivity index is 1.93. The van der Waals surface area contributed by atoms with E-state index in [2.05, 4.69) is 18.2 Å². The highest BCUT2D eigenvalue weighted by molar-refractivity contribution is 8.00. The number of benzene rings is 1. The van der Waals surface area contributed by atoms with Crippen LogP contribution in [0.25, 0.3) is 0 Å². The van der Waals surface area contributed by atoms with Crippen LogP contribution in [-0.4, -0.2) is 18.5 Å². The van der Waals surface area contributed by atoms with E-state index in [1.807, 2.05) is 23.9 Å². The molecular formula is C13H14O2S. The van der Waals surface area contributed by atoms with E-state index in [-0.39, 0.29) is 6.10 Å². The van der Waals surface area contributed by atoms with Gasteiger partial charge in [-0.05, 0) is 31.1 Å². The van der Waals surface area contributed by atoms with Gasteiger partial charge in [-0.2, -0.15) is 0 Å². The minimum Gasteiger partial charge on any atom is -0.497 e. The van der Waals surface area contributed by atoms with Crippen molar-refractivity contribution in [2.24, 2.45) is 0 Å². The maximum atomic E-state index is 5.99. The van der Waals surface area contributed by atoms with Crippen LogP contribution in [0.2, 0.25) is 0 Å². The fourth-order valence-corrected chi connectivity index (χ4v) is 3.37. The first-order chi connectivity index (χ1) is 7.86. The molecule has 1 heterocycles. The summed E-state index contributed by atoms with van der Waals surface area (Å²) in [5.74, 6) is 1.81. The Kier molecular flexibility index (Phi) is 2.56. The second kappa shape index (κ2) is 4.06. The van der Waals surface area contributed by atoms with Crippen LogP contribution in [0.3, 0.4) is 0 Å². The Morgan fingerprint density at radius 1 is 1.44 bits per heavy atom. The summed E-state index contributed by atoms with van der Waals surface area (Å²) < 4.78 is 11.2. The van der Waals surface area contributed by atoms with E-state index in [1.54, 1.807) is 7.11 Å². The minimum atomic E-state index is 0.235. The van der Waals surface area contributed by atoms with Crippen LogP contribution in [0.1, 0.15) is 12.8 Å². The smallest absolute Gasteiger partial charge is 0.137 e.